The highest BCUT2D eigenvalue weighted by atomic mass is 32.2. The smallest absolute Gasteiger partial charge is 0.276 e. The van der Waals surface area contributed by atoms with Crippen LogP contribution in [0.3, 0.4) is 0 Å². The molecule has 1 atom stereocenters. The van der Waals surface area contributed by atoms with Gasteiger partial charge in [0.15, 0.2) is 0 Å². The van der Waals surface area contributed by atoms with Crippen LogP contribution in [0.15, 0.2) is 73.1 Å². The second kappa shape index (κ2) is 10.1. The number of para-hydroxylation sites is 2. The molecule has 1 amide bonds. The van der Waals surface area contributed by atoms with E-state index in [2.05, 4.69) is 20.5 Å². The van der Waals surface area contributed by atoms with Crippen LogP contribution in [0.4, 0.5) is 11.4 Å². The topological polar surface area (TPSA) is 109 Å². The summed E-state index contributed by atoms with van der Waals surface area (Å²) < 4.78 is 25.6. The molecule has 8 nitrogen and oxygen atoms in total. The van der Waals surface area contributed by atoms with Gasteiger partial charge in [-0.3, -0.25) is 19.3 Å². The fraction of sp³-hybridized carbons (Fsp3) is 0.182. The van der Waals surface area contributed by atoms with Crippen LogP contribution < -0.4 is 15.5 Å². The van der Waals surface area contributed by atoms with Gasteiger partial charge in [0.2, 0.25) is 10.0 Å². The third-order valence-corrected chi connectivity index (χ3v) is 5.02. The van der Waals surface area contributed by atoms with Crippen molar-refractivity contribution in [2.45, 2.75) is 19.6 Å². The van der Waals surface area contributed by atoms with Crippen LogP contribution >= 0.6 is 0 Å². The zero-order valence-electron chi connectivity index (χ0n) is 17.2. The average molecular weight is 441 g/mol. The molecule has 1 aromatic heterocycles. The van der Waals surface area contributed by atoms with Gasteiger partial charge in [0.1, 0.15) is 6.10 Å². The Morgan fingerprint density at radius 2 is 1.65 bits per heavy atom. The summed E-state index contributed by atoms with van der Waals surface area (Å²) in [6.45, 7) is 2.26. The summed E-state index contributed by atoms with van der Waals surface area (Å²) in [4.78, 5) is 22.3. The highest BCUT2D eigenvalue weighted by molar-refractivity contribution is 7.92. The molecule has 0 saturated heterocycles. The van der Waals surface area contributed by atoms with Gasteiger partial charge in [-0.15, -0.1) is 0 Å². The van der Waals surface area contributed by atoms with Gasteiger partial charge < -0.3 is 5.32 Å². The molecule has 0 saturated carbocycles. The van der Waals surface area contributed by atoms with Gasteiger partial charge in [-0.1, -0.05) is 30.3 Å². The van der Waals surface area contributed by atoms with E-state index >= 15 is 0 Å². The Morgan fingerprint density at radius 3 is 2.35 bits per heavy atom. The Labute approximate surface area is 181 Å². The molecule has 0 fully saturated rings. The van der Waals surface area contributed by atoms with Crippen molar-refractivity contribution in [2.75, 3.05) is 16.3 Å². The van der Waals surface area contributed by atoms with Crippen LogP contribution in [0.25, 0.3) is 0 Å². The molecular formula is C22H24N4O4S. The number of aromatic nitrogens is 1. The Kier molecular flexibility index (Phi) is 7.22. The maximum atomic E-state index is 12.7. The van der Waals surface area contributed by atoms with Gasteiger partial charge >= 0.3 is 0 Å². The number of nitrogens with one attached hydrogen (secondary N) is 3. The standard InChI is InChI=1S/C22H24N4O4S/c1-16(18-7-3-6-10-21(18)26-31(2,28)29)30-25-22(27)19-8-4-5-9-20(19)24-15-17-11-13-23-14-12-17/h3-14,16,24,26H,15H2,1-2H3,(H,25,27). The molecule has 1 unspecified atom stereocenters. The fourth-order valence-electron chi connectivity index (χ4n) is 2.94. The van der Waals surface area contributed by atoms with E-state index < -0.39 is 22.0 Å². The highest BCUT2D eigenvalue weighted by Gasteiger charge is 2.17. The Hall–Kier alpha value is -3.43. The van der Waals surface area contributed by atoms with Crippen LogP contribution in [0, 0.1) is 0 Å². The molecule has 0 aliphatic carbocycles. The van der Waals surface area contributed by atoms with Crippen LogP contribution in [-0.2, 0) is 21.4 Å². The molecule has 31 heavy (non-hydrogen) atoms. The van der Waals surface area contributed by atoms with Crippen molar-refractivity contribution in [1.82, 2.24) is 10.5 Å². The van der Waals surface area contributed by atoms with Crippen LogP contribution in [0.1, 0.15) is 34.5 Å². The number of benzene rings is 2. The van der Waals surface area contributed by atoms with Crippen LogP contribution in [0.2, 0.25) is 0 Å². The van der Waals surface area contributed by atoms with Crippen LogP contribution in [0.5, 0.6) is 0 Å². The van der Waals surface area contributed by atoms with Crippen molar-refractivity contribution in [3.63, 3.8) is 0 Å². The summed E-state index contributed by atoms with van der Waals surface area (Å²) in [6.07, 6.45) is 3.90. The first kappa shape index (κ1) is 22.3. The first-order valence-electron chi connectivity index (χ1n) is 9.58. The largest absolute Gasteiger partial charge is 0.380 e. The number of hydrogen-bond donors (Lipinski definition) is 3. The van der Waals surface area contributed by atoms with Crippen molar-refractivity contribution >= 4 is 27.3 Å². The number of anilines is 2. The Bertz CT molecular complexity index is 1140. The lowest BCUT2D eigenvalue weighted by Crippen LogP contribution is -2.26. The number of hydrogen-bond acceptors (Lipinski definition) is 6. The van der Waals surface area contributed by atoms with Gasteiger partial charge in [0.05, 0.1) is 17.5 Å². The second-order valence-corrected chi connectivity index (χ2v) is 8.66. The number of rotatable bonds is 9. The number of amides is 1. The minimum absolute atomic E-state index is 0.395. The number of nitrogens with zero attached hydrogens (tertiary/aromatic N) is 1. The van der Waals surface area contributed by atoms with Gasteiger partial charge in [-0.05, 0) is 42.8 Å². The van der Waals surface area contributed by atoms with Crippen molar-refractivity contribution in [1.29, 1.82) is 0 Å². The van der Waals surface area contributed by atoms with E-state index in [1.807, 2.05) is 24.3 Å². The number of sulfonamides is 1. The molecule has 9 heteroatoms. The van der Waals surface area contributed by atoms with Crippen molar-refractivity contribution in [3.05, 3.63) is 89.7 Å². The third-order valence-electron chi connectivity index (χ3n) is 4.43. The molecule has 3 aromatic rings. The summed E-state index contributed by atoms with van der Waals surface area (Å²) in [5.74, 6) is -0.418. The molecule has 0 radical (unpaired) electrons. The molecule has 3 rings (SSSR count). The minimum Gasteiger partial charge on any atom is -0.380 e. The molecule has 3 N–H and O–H groups in total. The van der Waals surface area contributed by atoms with E-state index in [1.54, 1.807) is 55.7 Å². The first-order valence-corrected chi connectivity index (χ1v) is 11.5. The van der Waals surface area contributed by atoms with Gasteiger partial charge in [-0.25, -0.2) is 13.9 Å². The summed E-state index contributed by atoms with van der Waals surface area (Å²) in [5.41, 5.74) is 5.56. The average Bonchev–Trinajstić information content (AvgIpc) is 2.76. The normalized spacial score (nSPS) is 12.1. The molecule has 162 valence electrons. The monoisotopic (exact) mass is 440 g/mol. The SMILES string of the molecule is CC(ONC(=O)c1ccccc1NCc1ccncc1)c1ccccc1NS(C)(=O)=O. The van der Waals surface area contributed by atoms with Gasteiger partial charge in [0, 0.05) is 30.2 Å². The summed E-state index contributed by atoms with van der Waals surface area (Å²) in [7, 11) is -3.45. The van der Waals surface area contributed by atoms with E-state index in [1.165, 1.54) is 0 Å². The van der Waals surface area contributed by atoms with Crippen molar-refractivity contribution in [3.8, 4) is 0 Å². The van der Waals surface area contributed by atoms with E-state index in [-0.39, 0.29) is 0 Å². The highest BCUT2D eigenvalue weighted by Crippen LogP contribution is 2.25. The minimum atomic E-state index is -3.45. The van der Waals surface area contributed by atoms with E-state index in [0.717, 1.165) is 11.8 Å². The van der Waals surface area contributed by atoms with Crippen molar-refractivity contribution in [2.24, 2.45) is 0 Å². The molecule has 2 aromatic carbocycles. The van der Waals surface area contributed by atoms with Crippen LogP contribution in [-0.4, -0.2) is 25.6 Å². The molecule has 0 spiro atoms. The van der Waals surface area contributed by atoms with E-state index in [0.29, 0.717) is 29.0 Å². The molecule has 0 aliphatic rings. The van der Waals surface area contributed by atoms with E-state index in [4.69, 9.17) is 4.84 Å². The summed E-state index contributed by atoms with van der Waals surface area (Å²) in [6, 6.07) is 17.7. The van der Waals surface area contributed by atoms with Gasteiger partial charge in [0.25, 0.3) is 5.91 Å². The lowest BCUT2D eigenvalue weighted by Gasteiger charge is -2.18. The molecular weight excluding hydrogens is 416 g/mol. The van der Waals surface area contributed by atoms with Gasteiger partial charge in [-0.2, -0.15) is 0 Å². The number of hydroxylamine groups is 1. The number of carbonyl (C=O) groups is 1. The molecule has 1 heterocycles. The summed E-state index contributed by atoms with van der Waals surface area (Å²) in [5, 5.41) is 3.24. The number of carbonyl (C=O) groups excluding carboxylic acids is 1. The lowest BCUT2D eigenvalue weighted by molar-refractivity contribution is -0.00856. The maximum Gasteiger partial charge on any atom is 0.276 e. The third kappa shape index (κ3) is 6.53. The summed E-state index contributed by atoms with van der Waals surface area (Å²) >= 11 is 0. The number of pyridine rings is 1. The van der Waals surface area contributed by atoms with Crippen molar-refractivity contribution < 1.29 is 18.0 Å². The predicted octanol–water partition coefficient (Wildman–Crippen LogP) is 3.49. The quantitative estimate of drug-likeness (QED) is 0.440. The molecule has 0 aliphatic heterocycles. The zero-order valence-corrected chi connectivity index (χ0v) is 18.0. The Balaban J connectivity index is 1.66. The first-order chi connectivity index (χ1) is 14.8. The second-order valence-electron chi connectivity index (χ2n) is 6.91. The zero-order chi connectivity index (χ0) is 22.3. The maximum absolute atomic E-state index is 12.7. The fourth-order valence-corrected chi connectivity index (χ4v) is 3.52. The lowest BCUT2D eigenvalue weighted by atomic mass is 10.1. The van der Waals surface area contributed by atoms with E-state index in [9.17, 15) is 13.2 Å². The predicted molar refractivity (Wildman–Crippen MR) is 120 cm³/mol. The molecule has 0 bridgehead atoms. The Morgan fingerprint density at radius 1 is 1.00 bits per heavy atom.